The molecule has 2 N–H and O–H groups in total. The average Bonchev–Trinajstić information content (AvgIpc) is 3.10. The quantitative estimate of drug-likeness (QED) is 0.913. The van der Waals surface area contributed by atoms with Crippen LogP contribution in [0.3, 0.4) is 0 Å². The van der Waals surface area contributed by atoms with E-state index in [0.29, 0.717) is 18.1 Å². The molecule has 0 aliphatic carbocycles. The van der Waals surface area contributed by atoms with Crippen LogP contribution in [0.5, 0.6) is 0 Å². The van der Waals surface area contributed by atoms with Gasteiger partial charge >= 0.3 is 6.03 Å². The zero-order valence-electron chi connectivity index (χ0n) is 12.1. The van der Waals surface area contributed by atoms with Crippen LogP contribution < -0.4 is 15.5 Å². The van der Waals surface area contributed by atoms with Gasteiger partial charge in [0, 0.05) is 30.2 Å². The molecule has 1 unspecified atom stereocenters. The molecule has 1 aliphatic heterocycles. The lowest BCUT2D eigenvalue weighted by Gasteiger charge is -2.17. The summed E-state index contributed by atoms with van der Waals surface area (Å²) in [6.07, 6.45) is 1.93. The predicted octanol–water partition coefficient (Wildman–Crippen LogP) is 2.38. The van der Waals surface area contributed by atoms with E-state index in [2.05, 4.69) is 15.6 Å². The molecule has 1 aromatic carbocycles. The zero-order chi connectivity index (χ0) is 15.5. The summed E-state index contributed by atoms with van der Waals surface area (Å²) in [5.74, 6) is 0.0170. The summed E-state index contributed by atoms with van der Waals surface area (Å²) < 4.78 is 0. The van der Waals surface area contributed by atoms with E-state index in [1.807, 2.05) is 31.2 Å². The lowest BCUT2D eigenvalue weighted by Crippen LogP contribution is -2.39. The Kier molecular flexibility index (Phi) is 4.06. The maximum Gasteiger partial charge on any atom is 0.321 e. The van der Waals surface area contributed by atoms with Crippen LogP contribution in [0.4, 0.5) is 15.6 Å². The third-order valence-corrected chi connectivity index (χ3v) is 4.15. The first-order valence-electron chi connectivity index (χ1n) is 6.96. The molecule has 1 fully saturated rings. The van der Waals surface area contributed by atoms with Crippen molar-refractivity contribution in [2.45, 2.75) is 19.4 Å². The molecule has 2 heterocycles. The molecule has 3 rings (SSSR count). The number of carbonyl (C=O) groups excluding carboxylic acids is 2. The summed E-state index contributed by atoms with van der Waals surface area (Å²) in [6, 6.07) is 7.25. The topological polar surface area (TPSA) is 74.3 Å². The van der Waals surface area contributed by atoms with Gasteiger partial charge in [-0.05, 0) is 19.1 Å². The number of nitrogens with one attached hydrogen (secondary N) is 2. The Labute approximate surface area is 132 Å². The fraction of sp³-hybridized carbons (Fsp3) is 0.267. The van der Waals surface area contributed by atoms with Gasteiger partial charge in [-0.2, -0.15) is 0 Å². The molecule has 0 saturated carbocycles. The molecule has 114 valence electrons. The summed E-state index contributed by atoms with van der Waals surface area (Å²) in [5, 5.41) is 7.79. The molecule has 1 aliphatic rings. The van der Waals surface area contributed by atoms with Gasteiger partial charge in [-0.15, -0.1) is 11.3 Å². The van der Waals surface area contributed by atoms with Crippen molar-refractivity contribution in [2.75, 3.05) is 16.8 Å². The zero-order valence-corrected chi connectivity index (χ0v) is 12.9. The monoisotopic (exact) mass is 316 g/mol. The minimum absolute atomic E-state index is 0.0170. The fourth-order valence-electron chi connectivity index (χ4n) is 2.38. The Morgan fingerprint density at radius 1 is 1.36 bits per heavy atom. The van der Waals surface area contributed by atoms with Crippen molar-refractivity contribution >= 4 is 34.1 Å². The molecule has 6 nitrogen and oxygen atoms in total. The number of urea groups is 1. The molecule has 0 radical (unpaired) electrons. The highest BCUT2D eigenvalue weighted by molar-refractivity contribution is 7.13. The van der Waals surface area contributed by atoms with E-state index in [1.165, 1.54) is 11.3 Å². The smallest absolute Gasteiger partial charge is 0.321 e. The highest BCUT2D eigenvalue weighted by Gasteiger charge is 2.31. The molecule has 0 bridgehead atoms. The van der Waals surface area contributed by atoms with Crippen LogP contribution in [0, 0.1) is 6.92 Å². The van der Waals surface area contributed by atoms with Gasteiger partial charge in [0.15, 0.2) is 5.13 Å². The third-order valence-electron chi connectivity index (χ3n) is 3.46. The number of hydrogen-bond donors (Lipinski definition) is 2. The maximum absolute atomic E-state index is 12.1. The SMILES string of the molecule is Cc1ccc(N2CC(NC(=O)Nc3nccs3)CC2=O)cc1. The number of aryl methyl sites for hydroxylation is 1. The van der Waals surface area contributed by atoms with E-state index >= 15 is 0 Å². The normalized spacial score (nSPS) is 17.6. The van der Waals surface area contributed by atoms with Crippen LogP contribution >= 0.6 is 11.3 Å². The largest absolute Gasteiger partial charge is 0.333 e. The Morgan fingerprint density at radius 3 is 2.82 bits per heavy atom. The molecule has 3 amide bonds. The molecule has 7 heteroatoms. The standard InChI is InChI=1S/C15H16N4O2S/c1-10-2-4-12(5-3-10)19-9-11(8-13(19)20)17-14(21)18-15-16-6-7-22-15/h2-7,11H,8-9H2,1H3,(H2,16,17,18,21). The first kappa shape index (κ1) is 14.5. The maximum atomic E-state index is 12.1. The predicted molar refractivity (Wildman–Crippen MR) is 86.2 cm³/mol. The van der Waals surface area contributed by atoms with Gasteiger partial charge in [-0.3, -0.25) is 10.1 Å². The molecule has 0 spiro atoms. The number of thiazole rings is 1. The van der Waals surface area contributed by atoms with Crippen LogP contribution in [-0.4, -0.2) is 29.5 Å². The van der Waals surface area contributed by atoms with Crippen molar-refractivity contribution in [3.63, 3.8) is 0 Å². The van der Waals surface area contributed by atoms with Gasteiger partial charge in [0.25, 0.3) is 0 Å². The second kappa shape index (κ2) is 6.15. The lowest BCUT2D eigenvalue weighted by molar-refractivity contribution is -0.117. The Hall–Kier alpha value is -2.41. The Balaban J connectivity index is 1.59. The Morgan fingerprint density at radius 2 is 2.14 bits per heavy atom. The van der Waals surface area contributed by atoms with E-state index in [4.69, 9.17) is 0 Å². The number of aromatic nitrogens is 1. The summed E-state index contributed by atoms with van der Waals surface area (Å²) in [6.45, 7) is 2.48. The molecular weight excluding hydrogens is 300 g/mol. The van der Waals surface area contributed by atoms with Gasteiger partial charge < -0.3 is 10.2 Å². The van der Waals surface area contributed by atoms with Crippen molar-refractivity contribution in [3.05, 3.63) is 41.4 Å². The molecule has 22 heavy (non-hydrogen) atoms. The number of benzene rings is 1. The van der Waals surface area contributed by atoms with Crippen molar-refractivity contribution in [3.8, 4) is 0 Å². The van der Waals surface area contributed by atoms with Crippen molar-refractivity contribution in [1.82, 2.24) is 10.3 Å². The van der Waals surface area contributed by atoms with E-state index in [0.717, 1.165) is 11.3 Å². The first-order chi connectivity index (χ1) is 10.6. The van der Waals surface area contributed by atoms with Crippen LogP contribution in [-0.2, 0) is 4.79 Å². The summed E-state index contributed by atoms with van der Waals surface area (Å²) >= 11 is 1.35. The van der Waals surface area contributed by atoms with Gasteiger partial charge in [-0.1, -0.05) is 17.7 Å². The molecular formula is C15H16N4O2S. The second-order valence-corrected chi connectivity index (χ2v) is 6.07. The van der Waals surface area contributed by atoms with E-state index in [-0.39, 0.29) is 18.0 Å². The fourth-order valence-corrected chi connectivity index (χ4v) is 2.91. The van der Waals surface area contributed by atoms with Crippen molar-refractivity contribution in [1.29, 1.82) is 0 Å². The van der Waals surface area contributed by atoms with Gasteiger partial charge in [-0.25, -0.2) is 9.78 Å². The third kappa shape index (κ3) is 3.25. The Bertz CT molecular complexity index is 669. The van der Waals surface area contributed by atoms with Gasteiger partial charge in [0.2, 0.25) is 5.91 Å². The molecule has 2 aromatic rings. The minimum atomic E-state index is -0.335. The number of hydrogen-bond acceptors (Lipinski definition) is 4. The van der Waals surface area contributed by atoms with Crippen molar-refractivity contribution < 1.29 is 9.59 Å². The number of rotatable bonds is 3. The van der Waals surface area contributed by atoms with Crippen LogP contribution in [0.2, 0.25) is 0 Å². The van der Waals surface area contributed by atoms with E-state index < -0.39 is 0 Å². The van der Waals surface area contributed by atoms with E-state index in [1.54, 1.807) is 16.5 Å². The van der Waals surface area contributed by atoms with Crippen LogP contribution in [0.15, 0.2) is 35.8 Å². The number of amides is 3. The summed E-state index contributed by atoms with van der Waals surface area (Å²) in [7, 11) is 0. The van der Waals surface area contributed by atoms with Gasteiger partial charge in [0.05, 0.1) is 6.04 Å². The minimum Gasteiger partial charge on any atom is -0.333 e. The molecule has 1 saturated heterocycles. The van der Waals surface area contributed by atoms with Crippen molar-refractivity contribution in [2.24, 2.45) is 0 Å². The highest BCUT2D eigenvalue weighted by atomic mass is 32.1. The molecule has 1 aromatic heterocycles. The first-order valence-corrected chi connectivity index (χ1v) is 7.84. The van der Waals surface area contributed by atoms with Gasteiger partial charge in [0.1, 0.15) is 0 Å². The second-order valence-electron chi connectivity index (χ2n) is 5.18. The van der Waals surface area contributed by atoms with Crippen LogP contribution in [0.25, 0.3) is 0 Å². The number of carbonyl (C=O) groups is 2. The number of anilines is 2. The van der Waals surface area contributed by atoms with Crippen LogP contribution in [0.1, 0.15) is 12.0 Å². The lowest BCUT2D eigenvalue weighted by atomic mass is 10.2. The molecule has 1 atom stereocenters. The number of nitrogens with zero attached hydrogens (tertiary/aromatic N) is 2. The van der Waals surface area contributed by atoms with E-state index in [9.17, 15) is 9.59 Å². The summed E-state index contributed by atoms with van der Waals surface area (Å²) in [4.78, 5) is 29.7. The summed E-state index contributed by atoms with van der Waals surface area (Å²) in [5.41, 5.74) is 2.01. The highest BCUT2D eigenvalue weighted by Crippen LogP contribution is 2.22. The average molecular weight is 316 g/mol.